The third-order valence-electron chi connectivity index (χ3n) is 5.29. The number of aromatic nitrogens is 2. The third kappa shape index (κ3) is 1.93. The fraction of sp³-hybridized carbons (Fsp3) is 0.500. The summed E-state index contributed by atoms with van der Waals surface area (Å²) < 4.78 is 15.9. The molecular formula is C18H20FN3. The summed E-state index contributed by atoms with van der Waals surface area (Å²) in [5, 5.41) is 8.69. The number of hydrogen-bond acceptors (Lipinski definition) is 2. The van der Waals surface area contributed by atoms with Crippen LogP contribution in [0.1, 0.15) is 55.4 Å². The zero-order valence-corrected chi connectivity index (χ0v) is 12.6. The van der Waals surface area contributed by atoms with Crippen LogP contribution in [0.2, 0.25) is 0 Å². The molecule has 2 unspecified atom stereocenters. The van der Waals surface area contributed by atoms with Crippen molar-refractivity contribution in [2.45, 2.75) is 56.7 Å². The fourth-order valence-corrected chi connectivity index (χ4v) is 4.14. The molecule has 4 heteroatoms. The van der Waals surface area contributed by atoms with Gasteiger partial charge in [0.05, 0.1) is 23.5 Å². The number of fused-ring (bicyclic) bond motifs is 4. The predicted octanol–water partition coefficient (Wildman–Crippen LogP) is 3.76. The Labute approximate surface area is 129 Å². The molecule has 2 bridgehead atoms. The lowest BCUT2D eigenvalue weighted by molar-refractivity contribution is 0.297. The number of hydrogen-bond donors (Lipinski definition) is 1. The first-order valence-electron chi connectivity index (χ1n) is 8.43. The van der Waals surface area contributed by atoms with Crippen LogP contribution in [0.5, 0.6) is 0 Å². The average molecular weight is 297 g/mol. The lowest BCUT2D eigenvalue weighted by Crippen LogP contribution is -2.42. The summed E-state index contributed by atoms with van der Waals surface area (Å²) in [6.07, 6.45) is 7.13. The minimum absolute atomic E-state index is 0.163. The molecule has 1 saturated carbocycles. The summed E-state index contributed by atoms with van der Waals surface area (Å²) in [5.74, 6) is -0.163. The maximum Gasteiger partial charge on any atom is 0.123 e. The van der Waals surface area contributed by atoms with Crippen LogP contribution in [0.4, 0.5) is 4.39 Å². The maximum absolute atomic E-state index is 13.7. The molecular weight excluding hydrogens is 277 g/mol. The van der Waals surface area contributed by atoms with E-state index in [0.29, 0.717) is 18.1 Å². The Balaban J connectivity index is 1.71. The highest BCUT2D eigenvalue weighted by Gasteiger charge is 2.38. The molecule has 2 atom stereocenters. The fourth-order valence-electron chi connectivity index (χ4n) is 4.14. The quantitative estimate of drug-likeness (QED) is 0.914. The summed E-state index contributed by atoms with van der Waals surface area (Å²) in [6.45, 7) is 0. The molecule has 1 N–H and O–H groups in total. The largest absolute Gasteiger partial charge is 0.305 e. The van der Waals surface area contributed by atoms with Crippen LogP contribution in [0.15, 0.2) is 24.3 Å². The lowest BCUT2D eigenvalue weighted by Gasteiger charge is -2.35. The Morgan fingerprint density at radius 1 is 1.18 bits per heavy atom. The zero-order chi connectivity index (χ0) is 14.7. The Bertz CT molecular complexity index is 732. The Hall–Kier alpha value is -1.68. The second-order valence-electron chi connectivity index (χ2n) is 6.95. The first kappa shape index (κ1) is 12.8. The third-order valence-corrected chi connectivity index (χ3v) is 5.29. The van der Waals surface area contributed by atoms with Gasteiger partial charge in [-0.3, -0.25) is 4.68 Å². The first-order valence-corrected chi connectivity index (χ1v) is 8.43. The molecule has 3 aliphatic rings. The highest BCUT2D eigenvalue weighted by atomic mass is 19.1. The van der Waals surface area contributed by atoms with Crippen molar-refractivity contribution in [2.75, 3.05) is 0 Å². The van der Waals surface area contributed by atoms with Crippen molar-refractivity contribution in [3.63, 3.8) is 0 Å². The Morgan fingerprint density at radius 3 is 2.91 bits per heavy atom. The zero-order valence-electron chi connectivity index (χ0n) is 12.6. The van der Waals surface area contributed by atoms with Crippen molar-refractivity contribution in [1.29, 1.82) is 0 Å². The number of rotatable bonds is 2. The first-order chi connectivity index (χ1) is 10.8. The summed E-state index contributed by atoms with van der Waals surface area (Å²) >= 11 is 0. The van der Waals surface area contributed by atoms with E-state index in [4.69, 9.17) is 5.10 Å². The van der Waals surface area contributed by atoms with Crippen molar-refractivity contribution in [1.82, 2.24) is 15.1 Å². The van der Waals surface area contributed by atoms with Gasteiger partial charge in [0.1, 0.15) is 5.82 Å². The molecule has 3 nitrogen and oxygen atoms in total. The summed E-state index contributed by atoms with van der Waals surface area (Å²) in [7, 11) is 0. The van der Waals surface area contributed by atoms with E-state index in [-0.39, 0.29) is 5.82 Å². The van der Waals surface area contributed by atoms with Gasteiger partial charge in [0.15, 0.2) is 0 Å². The number of nitrogens with zero attached hydrogens (tertiary/aromatic N) is 2. The number of nitrogens with one attached hydrogen (secondary N) is 1. The van der Waals surface area contributed by atoms with E-state index in [1.54, 1.807) is 6.07 Å². The van der Waals surface area contributed by atoms with Gasteiger partial charge in [-0.25, -0.2) is 4.39 Å². The van der Waals surface area contributed by atoms with Gasteiger partial charge in [0.25, 0.3) is 0 Å². The van der Waals surface area contributed by atoms with E-state index < -0.39 is 0 Å². The predicted molar refractivity (Wildman–Crippen MR) is 83.1 cm³/mol. The van der Waals surface area contributed by atoms with Gasteiger partial charge in [-0.1, -0.05) is 12.1 Å². The SMILES string of the molecule is Fc1cccc(-c2c3c(nn2C2CC2)C2CCCC(C3)N2)c1. The van der Waals surface area contributed by atoms with Gasteiger partial charge in [0.2, 0.25) is 0 Å². The van der Waals surface area contributed by atoms with E-state index in [9.17, 15) is 4.39 Å². The molecule has 22 heavy (non-hydrogen) atoms. The van der Waals surface area contributed by atoms with Crippen LogP contribution in [-0.4, -0.2) is 15.8 Å². The van der Waals surface area contributed by atoms with E-state index >= 15 is 0 Å². The highest BCUT2D eigenvalue weighted by molar-refractivity contribution is 5.66. The molecule has 5 rings (SSSR count). The minimum atomic E-state index is -0.163. The highest BCUT2D eigenvalue weighted by Crippen LogP contribution is 2.44. The summed E-state index contributed by atoms with van der Waals surface area (Å²) in [4.78, 5) is 0. The number of piperidine rings is 1. The molecule has 0 radical (unpaired) electrons. The Kier molecular flexibility index (Phi) is 2.71. The topological polar surface area (TPSA) is 29.9 Å². The normalized spacial score (nSPS) is 26.8. The van der Waals surface area contributed by atoms with Gasteiger partial charge >= 0.3 is 0 Å². The molecule has 2 aliphatic heterocycles. The standard InChI is InChI=1S/C18H20FN3/c19-12-4-1-3-11(9-12)18-15-10-13-5-2-6-16(20-13)17(15)21-22(18)14-7-8-14/h1,3-4,9,13-14,16,20H,2,5-8,10H2. The summed E-state index contributed by atoms with van der Waals surface area (Å²) in [5.41, 5.74) is 4.75. The minimum Gasteiger partial charge on any atom is -0.305 e. The molecule has 1 aliphatic carbocycles. The summed E-state index contributed by atoms with van der Waals surface area (Å²) in [6, 6.07) is 8.49. The van der Waals surface area contributed by atoms with Crippen molar-refractivity contribution in [2.24, 2.45) is 0 Å². The number of halogens is 1. The molecule has 3 heterocycles. The van der Waals surface area contributed by atoms with E-state index in [2.05, 4.69) is 10.00 Å². The van der Waals surface area contributed by atoms with Crippen molar-refractivity contribution in [3.05, 3.63) is 41.3 Å². The van der Waals surface area contributed by atoms with E-state index in [0.717, 1.165) is 12.0 Å². The van der Waals surface area contributed by atoms with Crippen molar-refractivity contribution in [3.8, 4) is 11.3 Å². The molecule has 0 spiro atoms. The maximum atomic E-state index is 13.7. The van der Waals surface area contributed by atoms with Crippen LogP contribution in [0, 0.1) is 5.82 Å². The molecule has 1 aromatic carbocycles. The van der Waals surface area contributed by atoms with Crippen LogP contribution in [0.3, 0.4) is 0 Å². The Morgan fingerprint density at radius 2 is 2.09 bits per heavy atom. The number of benzene rings is 1. The van der Waals surface area contributed by atoms with Gasteiger partial charge in [-0.05, 0) is 50.7 Å². The van der Waals surface area contributed by atoms with Crippen molar-refractivity contribution < 1.29 is 4.39 Å². The van der Waals surface area contributed by atoms with Gasteiger partial charge in [0, 0.05) is 17.2 Å². The average Bonchev–Trinajstić information content (AvgIpc) is 3.29. The molecule has 114 valence electrons. The second kappa shape index (κ2) is 4.66. The molecule has 1 saturated heterocycles. The molecule has 2 fully saturated rings. The van der Waals surface area contributed by atoms with Crippen LogP contribution >= 0.6 is 0 Å². The van der Waals surface area contributed by atoms with E-state index in [1.807, 2.05) is 12.1 Å². The van der Waals surface area contributed by atoms with Gasteiger partial charge in [-0.2, -0.15) is 5.10 Å². The van der Waals surface area contributed by atoms with Crippen LogP contribution in [-0.2, 0) is 6.42 Å². The van der Waals surface area contributed by atoms with Crippen LogP contribution in [0.25, 0.3) is 11.3 Å². The smallest absolute Gasteiger partial charge is 0.123 e. The van der Waals surface area contributed by atoms with Gasteiger partial charge in [-0.15, -0.1) is 0 Å². The molecule has 0 amide bonds. The monoisotopic (exact) mass is 297 g/mol. The molecule has 2 aromatic rings. The van der Waals surface area contributed by atoms with Crippen molar-refractivity contribution >= 4 is 0 Å². The van der Waals surface area contributed by atoms with Gasteiger partial charge < -0.3 is 5.32 Å². The second-order valence-corrected chi connectivity index (χ2v) is 6.95. The lowest BCUT2D eigenvalue weighted by atomic mass is 9.84. The van der Waals surface area contributed by atoms with E-state index in [1.165, 1.54) is 55.1 Å². The van der Waals surface area contributed by atoms with Crippen LogP contribution < -0.4 is 5.32 Å². The molecule has 1 aromatic heterocycles.